The molecule has 0 unspecified atom stereocenters. The highest BCUT2D eigenvalue weighted by Crippen LogP contribution is 2.29. The maximum atomic E-state index is 13.1. The van der Waals surface area contributed by atoms with Crippen LogP contribution >= 0.6 is 11.6 Å². The van der Waals surface area contributed by atoms with Crippen molar-refractivity contribution in [1.29, 1.82) is 0 Å². The summed E-state index contributed by atoms with van der Waals surface area (Å²) in [6, 6.07) is 1.50. The van der Waals surface area contributed by atoms with E-state index in [4.69, 9.17) is 11.6 Å². The van der Waals surface area contributed by atoms with Gasteiger partial charge in [0.25, 0.3) is 0 Å². The van der Waals surface area contributed by atoms with E-state index in [2.05, 4.69) is 4.98 Å². The highest BCUT2D eigenvalue weighted by molar-refractivity contribution is 6.34. The van der Waals surface area contributed by atoms with Crippen LogP contribution in [-0.4, -0.2) is 10.8 Å². The molecular formula is C12H13ClFNO. The molecule has 0 N–H and O–H groups in total. The van der Waals surface area contributed by atoms with Gasteiger partial charge in [0.15, 0.2) is 5.78 Å². The minimum absolute atomic E-state index is 0.00745. The van der Waals surface area contributed by atoms with Crippen molar-refractivity contribution in [2.24, 2.45) is 5.92 Å². The molecule has 0 amide bonds. The summed E-state index contributed by atoms with van der Waals surface area (Å²) in [7, 11) is 0. The summed E-state index contributed by atoms with van der Waals surface area (Å²) < 4.78 is 13.1. The summed E-state index contributed by atoms with van der Waals surface area (Å²) in [5.74, 6) is -0.789. The van der Waals surface area contributed by atoms with Crippen LogP contribution in [0.1, 0.15) is 42.5 Å². The summed E-state index contributed by atoms with van der Waals surface area (Å²) in [6.07, 6.45) is 6.39. The van der Waals surface area contributed by atoms with E-state index in [-0.39, 0.29) is 22.3 Å². The molecule has 4 heteroatoms. The number of nitrogens with zero attached hydrogens (tertiary/aromatic N) is 1. The van der Waals surface area contributed by atoms with Crippen molar-refractivity contribution in [2.75, 3.05) is 0 Å². The first kappa shape index (κ1) is 11.5. The van der Waals surface area contributed by atoms with Crippen LogP contribution < -0.4 is 0 Å². The van der Waals surface area contributed by atoms with Crippen LogP contribution in [-0.2, 0) is 0 Å². The van der Waals surface area contributed by atoms with Gasteiger partial charge < -0.3 is 0 Å². The Hall–Kier alpha value is -0.960. The highest BCUT2D eigenvalue weighted by atomic mass is 35.5. The zero-order valence-electron chi connectivity index (χ0n) is 8.88. The lowest BCUT2D eigenvalue weighted by molar-refractivity contribution is 0.0889. The van der Waals surface area contributed by atoms with Crippen LogP contribution in [0.15, 0.2) is 12.3 Å². The zero-order chi connectivity index (χ0) is 11.5. The molecule has 0 atom stereocenters. The molecule has 2 rings (SSSR count). The first-order valence-corrected chi connectivity index (χ1v) is 5.92. The lowest BCUT2D eigenvalue weighted by Gasteiger charge is -2.20. The maximum Gasteiger partial charge on any atom is 0.232 e. The number of rotatable bonds is 2. The fraction of sp³-hybridized carbons (Fsp3) is 0.500. The van der Waals surface area contributed by atoms with Crippen LogP contribution in [0.25, 0.3) is 0 Å². The van der Waals surface area contributed by atoms with Crippen molar-refractivity contribution in [3.8, 4) is 0 Å². The van der Waals surface area contributed by atoms with Gasteiger partial charge >= 0.3 is 0 Å². The van der Waals surface area contributed by atoms with Gasteiger partial charge in [0.05, 0.1) is 0 Å². The molecule has 0 spiro atoms. The molecular weight excluding hydrogens is 229 g/mol. The van der Waals surface area contributed by atoms with Crippen LogP contribution in [0.4, 0.5) is 4.39 Å². The third kappa shape index (κ3) is 2.24. The molecule has 0 radical (unpaired) electrons. The molecule has 1 fully saturated rings. The first-order valence-electron chi connectivity index (χ1n) is 5.54. The topological polar surface area (TPSA) is 30.0 Å². The number of pyridine rings is 1. The number of hydrogen-bond acceptors (Lipinski definition) is 2. The Bertz CT molecular complexity index is 402. The van der Waals surface area contributed by atoms with E-state index in [0.717, 1.165) is 25.7 Å². The summed E-state index contributed by atoms with van der Waals surface area (Å²) in [4.78, 5) is 15.5. The van der Waals surface area contributed by atoms with E-state index >= 15 is 0 Å². The van der Waals surface area contributed by atoms with E-state index in [1.807, 2.05) is 0 Å². The summed E-state index contributed by atoms with van der Waals surface area (Å²) >= 11 is 5.75. The quantitative estimate of drug-likeness (QED) is 0.585. The van der Waals surface area contributed by atoms with Crippen molar-refractivity contribution in [3.63, 3.8) is 0 Å². The van der Waals surface area contributed by atoms with Crippen molar-refractivity contribution < 1.29 is 9.18 Å². The summed E-state index contributed by atoms with van der Waals surface area (Å²) in [6.45, 7) is 0. The van der Waals surface area contributed by atoms with Gasteiger partial charge in [-0.3, -0.25) is 4.79 Å². The molecule has 1 saturated carbocycles. The smallest absolute Gasteiger partial charge is 0.232 e. The van der Waals surface area contributed by atoms with Gasteiger partial charge in [0, 0.05) is 17.7 Å². The third-order valence-corrected chi connectivity index (χ3v) is 3.45. The average molecular weight is 242 g/mol. The second-order valence-corrected chi connectivity index (χ2v) is 4.54. The molecule has 1 heterocycles. The first-order chi connectivity index (χ1) is 7.70. The molecule has 2 nitrogen and oxygen atoms in total. The molecule has 1 aliphatic carbocycles. The number of Topliss-reactive ketones (excluding diaryl/α,β-unsaturated/α-hetero) is 1. The van der Waals surface area contributed by atoms with Crippen molar-refractivity contribution in [2.45, 2.75) is 32.1 Å². The predicted octanol–water partition coefficient (Wildman–Crippen LogP) is 3.64. The van der Waals surface area contributed by atoms with Gasteiger partial charge in [0.2, 0.25) is 5.95 Å². The van der Waals surface area contributed by atoms with Gasteiger partial charge in [-0.15, -0.1) is 0 Å². The minimum atomic E-state index is -0.761. The van der Waals surface area contributed by atoms with Gasteiger partial charge in [-0.05, 0) is 18.9 Å². The largest absolute Gasteiger partial charge is 0.294 e. The predicted molar refractivity (Wildman–Crippen MR) is 60.1 cm³/mol. The molecule has 0 saturated heterocycles. The second kappa shape index (κ2) is 4.91. The molecule has 1 aromatic rings. The summed E-state index contributed by atoms with van der Waals surface area (Å²) in [5.41, 5.74) is 0.279. The van der Waals surface area contributed by atoms with Crippen LogP contribution in [0, 0.1) is 11.9 Å². The van der Waals surface area contributed by atoms with Crippen LogP contribution in [0.2, 0.25) is 5.02 Å². The Morgan fingerprint density at radius 3 is 2.75 bits per heavy atom. The number of halogens is 2. The van der Waals surface area contributed by atoms with E-state index in [1.165, 1.54) is 18.7 Å². The fourth-order valence-electron chi connectivity index (χ4n) is 2.19. The zero-order valence-corrected chi connectivity index (χ0v) is 9.63. The van der Waals surface area contributed by atoms with E-state index in [0.29, 0.717) is 0 Å². The minimum Gasteiger partial charge on any atom is -0.294 e. The lowest BCUT2D eigenvalue weighted by Crippen LogP contribution is -2.18. The van der Waals surface area contributed by atoms with Gasteiger partial charge in [0.1, 0.15) is 5.02 Å². The molecule has 86 valence electrons. The Kier molecular flexibility index (Phi) is 3.54. The van der Waals surface area contributed by atoms with Gasteiger partial charge in [-0.25, -0.2) is 4.98 Å². The fourth-order valence-corrected chi connectivity index (χ4v) is 2.40. The normalized spacial score (nSPS) is 17.4. The molecule has 1 aliphatic rings. The molecule has 0 bridgehead atoms. The van der Waals surface area contributed by atoms with Crippen LogP contribution in [0.3, 0.4) is 0 Å². The second-order valence-electron chi connectivity index (χ2n) is 4.16. The number of hydrogen-bond donors (Lipinski definition) is 0. The Morgan fingerprint density at radius 1 is 1.38 bits per heavy atom. The van der Waals surface area contributed by atoms with Crippen LogP contribution in [0.5, 0.6) is 0 Å². The highest BCUT2D eigenvalue weighted by Gasteiger charge is 2.25. The Balaban J connectivity index is 2.22. The Labute approximate surface area is 98.8 Å². The summed E-state index contributed by atoms with van der Waals surface area (Å²) in [5, 5.41) is -0.141. The number of aromatic nitrogens is 1. The molecule has 1 aromatic heterocycles. The maximum absolute atomic E-state index is 13.1. The SMILES string of the molecule is O=C(c1ccnc(F)c1Cl)C1CCCCC1. The van der Waals surface area contributed by atoms with Crippen molar-refractivity contribution in [3.05, 3.63) is 28.8 Å². The van der Waals surface area contributed by atoms with Gasteiger partial charge in [-0.2, -0.15) is 4.39 Å². The monoisotopic (exact) mass is 241 g/mol. The van der Waals surface area contributed by atoms with Crippen molar-refractivity contribution in [1.82, 2.24) is 4.98 Å². The molecule has 0 aromatic carbocycles. The standard InChI is InChI=1S/C12H13ClFNO/c13-10-9(6-7-15-12(10)14)11(16)8-4-2-1-3-5-8/h6-8H,1-5H2. The average Bonchev–Trinajstić information content (AvgIpc) is 2.33. The van der Waals surface area contributed by atoms with E-state index < -0.39 is 5.95 Å². The molecule has 16 heavy (non-hydrogen) atoms. The number of carbonyl (C=O) groups is 1. The van der Waals surface area contributed by atoms with E-state index in [9.17, 15) is 9.18 Å². The molecule has 0 aliphatic heterocycles. The van der Waals surface area contributed by atoms with Gasteiger partial charge in [-0.1, -0.05) is 30.9 Å². The third-order valence-electron chi connectivity index (χ3n) is 3.09. The lowest BCUT2D eigenvalue weighted by atomic mass is 9.84. The Morgan fingerprint density at radius 2 is 2.06 bits per heavy atom. The van der Waals surface area contributed by atoms with Crippen molar-refractivity contribution >= 4 is 17.4 Å². The number of carbonyl (C=O) groups excluding carboxylic acids is 1. The number of ketones is 1. The van der Waals surface area contributed by atoms with E-state index in [1.54, 1.807) is 0 Å².